The van der Waals surface area contributed by atoms with Crippen molar-refractivity contribution < 1.29 is 18.0 Å². The van der Waals surface area contributed by atoms with Crippen molar-refractivity contribution >= 4 is 28.9 Å². The van der Waals surface area contributed by atoms with Gasteiger partial charge < -0.3 is 20.9 Å². The second kappa shape index (κ2) is 9.57. The number of anilines is 4. The number of alkyl halides is 3. The lowest BCUT2D eigenvalue weighted by molar-refractivity contribution is -0.137. The molecule has 0 unspecified atom stereocenters. The average molecular weight is 532 g/mol. The quantitative estimate of drug-likeness (QED) is 0.355. The maximum Gasteiger partial charge on any atom is 0.416 e. The van der Waals surface area contributed by atoms with E-state index in [1.165, 1.54) is 24.5 Å². The molecule has 0 spiro atoms. The van der Waals surface area contributed by atoms with E-state index in [-0.39, 0.29) is 17.6 Å². The molecule has 198 valence electrons. The lowest BCUT2D eigenvalue weighted by Gasteiger charge is -2.35. The van der Waals surface area contributed by atoms with Gasteiger partial charge in [-0.05, 0) is 60.0 Å². The predicted octanol–water partition coefficient (Wildman–Crippen LogP) is 4.86. The number of carbonyl (C=O) groups is 1. The molecule has 2 fully saturated rings. The Kier molecular flexibility index (Phi) is 6.05. The Morgan fingerprint density at radius 3 is 2.33 bits per heavy atom. The number of amides is 1. The maximum absolute atomic E-state index is 13.2. The zero-order chi connectivity index (χ0) is 27.1. The van der Waals surface area contributed by atoms with Crippen molar-refractivity contribution in [3.8, 4) is 11.1 Å². The zero-order valence-corrected chi connectivity index (χ0v) is 20.6. The van der Waals surface area contributed by atoms with E-state index in [0.29, 0.717) is 36.1 Å². The molecule has 0 aliphatic carbocycles. The van der Waals surface area contributed by atoms with E-state index in [1.807, 2.05) is 28.0 Å². The van der Waals surface area contributed by atoms with Gasteiger partial charge in [-0.3, -0.25) is 9.78 Å². The van der Waals surface area contributed by atoms with Gasteiger partial charge in [-0.1, -0.05) is 12.1 Å². The molecule has 4 heterocycles. The van der Waals surface area contributed by atoms with E-state index in [2.05, 4.69) is 20.3 Å². The molecule has 1 amide bonds. The molecule has 2 aliphatic rings. The van der Waals surface area contributed by atoms with Crippen molar-refractivity contribution in [1.29, 1.82) is 0 Å². The monoisotopic (exact) mass is 531 g/mol. The van der Waals surface area contributed by atoms with Crippen molar-refractivity contribution in [2.45, 2.75) is 24.7 Å². The zero-order valence-electron chi connectivity index (χ0n) is 20.6. The summed E-state index contributed by atoms with van der Waals surface area (Å²) in [6.07, 6.45) is 2.75. The van der Waals surface area contributed by atoms with Crippen molar-refractivity contribution in [3.05, 3.63) is 90.5 Å². The number of benzene rings is 2. The molecule has 6 rings (SSSR count). The lowest BCUT2D eigenvalue weighted by atomic mass is 10.1. The number of piperazine rings is 1. The number of fused-ring (bicyclic) bond motifs is 2. The predicted molar refractivity (Wildman–Crippen MR) is 142 cm³/mol. The number of halogens is 3. The van der Waals surface area contributed by atoms with Crippen molar-refractivity contribution in [2.75, 3.05) is 33.9 Å². The van der Waals surface area contributed by atoms with Crippen LogP contribution in [0.2, 0.25) is 0 Å². The second-order valence-corrected chi connectivity index (χ2v) is 9.66. The second-order valence-electron chi connectivity index (χ2n) is 9.66. The van der Waals surface area contributed by atoms with Gasteiger partial charge >= 0.3 is 6.18 Å². The van der Waals surface area contributed by atoms with Gasteiger partial charge in [0.2, 0.25) is 5.95 Å². The third-order valence-electron chi connectivity index (χ3n) is 7.22. The van der Waals surface area contributed by atoms with E-state index >= 15 is 0 Å². The molecule has 39 heavy (non-hydrogen) atoms. The van der Waals surface area contributed by atoms with Crippen LogP contribution in [-0.4, -0.2) is 46.0 Å². The first-order valence-electron chi connectivity index (χ1n) is 12.4. The van der Waals surface area contributed by atoms with Crippen LogP contribution in [0.15, 0.2) is 79.4 Å². The normalized spacial score (nSPS) is 18.4. The number of nitrogens with two attached hydrogens (primary N) is 1. The number of nitrogens with one attached hydrogen (secondary N) is 1. The fraction of sp³-hybridized carbons (Fsp3) is 0.214. The molecular formula is C28H24F3N7O. The van der Waals surface area contributed by atoms with Gasteiger partial charge in [-0.2, -0.15) is 13.2 Å². The lowest BCUT2D eigenvalue weighted by Crippen LogP contribution is -2.47. The van der Waals surface area contributed by atoms with Crippen LogP contribution in [0.3, 0.4) is 0 Å². The summed E-state index contributed by atoms with van der Waals surface area (Å²) in [6, 6.07) is 14.7. The molecule has 2 bridgehead atoms. The van der Waals surface area contributed by atoms with Gasteiger partial charge in [-0.25, -0.2) is 9.97 Å². The highest BCUT2D eigenvalue weighted by Gasteiger charge is 2.44. The summed E-state index contributed by atoms with van der Waals surface area (Å²) >= 11 is 0. The Morgan fingerprint density at radius 1 is 0.923 bits per heavy atom. The highest BCUT2D eigenvalue weighted by Crippen LogP contribution is 2.38. The Hall–Kier alpha value is -4.67. The molecule has 11 heteroatoms. The topological polar surface area (TPSA) is 100 Å². The molecule has 2 atom stereocenters. The summed E-state index contributed by atoms with van der Waals surface area (Å²) in [4.78, 5) is 29.8. The maximum atomic E-state index is 13.2. The van der Waals surface area contributed by atoms with E-state index in [4.69, 9.17) is 5.73 Å². The minimum Gasteiger partial charge on any atom is -0.397 e. The summed E-state index contributed by atoms with van der Waals surface area (Å²) < 4.78 is 39.5. The highest BCUT2D eigenvalue weighted by molar-refractivity contribution is 6.05. The average Bonchev–Trinajstić information content (AvgIpc) is 3.56. The summed E-state index contributed by atoms with van der Waals surface area (Å²) in [5.74, 6) is 0.0979. The molecule has 4 aromatic rings. The Balaban J connectivity index is 1.12. The smallest absolute Gasteiger partial charge is 0.397 e. The first kappa shape index (κ1) is 24.7. The van der Waals surface area contributed by atoms with Gasteiger partial charge in [0.05, 0.1) is 28.5 Å². The van der Waals surface area contributed by atoms with Crippen molar-refractivity contribution in [3.63, 3.8) is 0 Å². The fourth-order valence-electron chi connectivity index (χ4n) is 5.26. The van der Waals surface area contributed by atoms with E-state index in [0.717, 1.165) is 23.6 Å². The minimum absolute atomic E-state index is 0.0562. The molecular weight excluding hydrogens is 507 g/mol. The van der Waals surface area contributed by atoms with E-state index in [1.54, 1.807) is 30.6 Å². The standard InChI is InChI=1S/C28H24F3N7O/c29-28(30,31)20-2-1-3-21(11-20)37-15-23-12-22(37)16-38(23)27-34-13-19(14-35-27)26(39)36-25-10-18(4-5-24(25)32)17-6-8-33-9-7-17/h1-11,13-14,22-23H,12,15-16,32H2,(H,36,39)/t22-,23-/m0/s1. The number of rotatable bonds is 5. The number of nitrogen functional groups attached to an aromatic ring is 1. The number of pyridine rings is 1. The molecule has 2 saturated heterocycles. The summed E-state index contributed by atoms with van der Waals surface area (Å²) in [5.41, 5.74) is 9.02. The van der Waals surface area contributed by atoms with Gasteiger partial charge in [0.15, 0.2) is 0 Å². The summed E-state index contributed by atoms with van der Waals surface area (Å²) in [6.45, 7) is 1.16. The molecule has 2 aromatic carbocycles. The minimum atomic E-state index is -4.38. The van der Waals surface area contributed by atoms with Crippen LogP contribution in [-0.2, 0) is 6.18 Å². The summed E-state index contributed by atoms with van der Waals surface area (Å²) in [7, 11) is 0. The summed E-state index contributed by atoms with van der Waals surface area (Å²) in [5, 5.41) is 2.83. The van der Waals surface area contributed by atoms with Crippen LogP contribution in [0.4, 0.5) is 36.2 Å². The highest BCUT2D eigenvalue weighted by atomic mass is 19.4. The third kappa shape index (κ3) is 4.83. The van der Waals surface area contributed by atoms with Gasteiger partial charge in [0, 0.05) is 49.6 Å². The van der Waals surface area contributed by atoms with Crippen LogP contribution in [0.5, 0.6) is 0 Å². The Bertz CT molecular complexity index is 1510. The van der Waals surface area contributed by atoms with Crippen LogP contribution < -0.4 is 20.9 Å². The van der Waals surface area contributed by atoms with Crippen LogP contribution in [0, 0.1) is 0 Å². The molecule has 2 aliphatic heterocycles. The van der Waals surface area contributed by atoms with Gasteiger partial charge in [0.25, 0.3) is 5.91 Å². The Labute approximate surface area is 222 Å². The number of hydrogen-bond acceptors (Lipinski definition) is 7. The SMILES string of the molecule is Nc1ccc(-c2ccncc2)cc1NC(=O)c1cnc(N2C[C@@H]3C[C@H]2CN3c2cccc(C(F)(F)F)c2)nc1. The first-order valence-corrected chi connectivity index (χ1v) is 12.4. The molecule has 3 N–H and O–H groups in total. The van der Waals surface area contributed by atoms with Crippen molar-refractivity contribution in [1.82, 2.24) is 15.0 Å². The number of nitrogens with zero attached hydrogens (tertiary/aromatic N) is 5. The number of carbonyl (C=O) groups excluding carboxylic acids is 1. The van der Waals surface area contributed by atoms with Crippen LogP contribution in [0.1, 0.15) is 22.3 Å². The third-order valence-corrected chi connectivity index (χ3v) is 7.22. The van der Waals surface area contributed by atoms with E-state index in [9.17, 15) is 18.0 Å². The molecule has 0 radical (unpaired) electrons. The van der Waals surface area contributed by atoms with Crippen molar-refractivity contribution in [2.24, 2.45) is 0 Å². The largest absolute Gasteiger partial charge is 0.416 e. The molecule has 0 saturated carbocycles. The van der Waals surface area contributed by atoms with Crippen LogP contribution >= 0.6 is 0 Å². The fourth-order valence-corrected chi connectivity index (χ4v) is 5.26. The number of hydrogen-bond donors (Lipinski definition) is 2. The van der Waals surface area contributed by atoms with Gasteiger partial charge in [-0.15, -0.1) is 0 Å². The van der Waals surface area contributed by atoms with Gasteiger partial charge in [0.1, 0.15) is 0 Å². The van der Waals surface area contributed by atoms with E-state index < -0.39 is 17.6 Å². The molecule has 2 aromatic heterocycles. The first-order chi connectivity index (χ1) is 18.8. The van der Waals surface area contributed by atoms with Crippen LogP contribution in [0.25, 0.3) is 11.1 Å². The Morgan fingerprint density at radius 2 is 1.64 bits per heavy atom. The number of aromatic nitrogens is 3. The molecule has 8 nitrogen and oxygen atoms in total.